The van der Waals surface area contributed by atoms with Gasteiger partial charge in [-0.1, -0.05) is 11.6 Å². The van der Waals surface area contributed by atoms with E-state index in [1.54, 1.807) is 28.9 Å². The second kappa shape index (κ2) is 5.51. The highest BCUT2D eigenvalue weighted by Gasteiger charge is 2.21. The Hall–Kier alpha value is -1.37. The van der Waals surface area contributed by atoms with Crippen molar-refractivity contribution in [2.45, 2.75) is 12.6 Å². The fourth-order valence-corrected chi connectivity index (χ4v) is 1.96. The SMILES string of the molecule is COCCn1ncc(Cl)c1C(O)c1cn(C)cn1. The number of aromatic nitrogens is 4. The summed E-state index contributed by atoms with van der Waals surface area (Å²) in [4.78, 5) is 4.12. The van der Waals surface area contributed by atoms with Crippen molar-refractivity contribution in [3.8, 4) is 0 Å². The van der Waals surface area contributed by atoms with Crippen molar-refractivity contribution in [2.75, 3.05) is 13.7 Å². The van der Waals surface area contributed by atoms with Gasteiger partial charge in [-0.15, -0.1) is 0 Å². The van der Waals surface area contributed by atoms with Gasteiger partial charge < -0.3 is 14.4 Å². The van der Waals surface area contributed by atoms with Gasteiger partial charge in [-0.05, 0) is 0 Å². The second-order valence-electron chi connectivity index (χ2n) is 3.96. The molecule has 0 saturated carbocycles. The van der Waals surface area contributed by atoms with E-state index in [2.05, 4.69) is 10.1 Å². The minimum absolute atomic E-state index is 0.421. The molecule has 0 amide bonds. The molecule has 0 fully saturated rings. The highest BCUT2D eigenvalue weighted by Crippen LogP contribution is 2.27. The molecule has 18 heavy (non-hydrogen) atoms. The molecule has 0 aliphatic heterocycles. The van der Waals surface area contributed by atoms with Crippen molar-refractivity contribution in [1.82, 2.24) is 19.3 Å². The van der Waals surface area contributed by atoms with E-state index in [9.17, 15) is 5.11 Å². The molecule has 0 aliphatic carbocycles. The minimum Gasteiger partial charge on any atom is -0.383 e. The summed E-state index contributed by atoms with van der Waals surface area (Å²) in [6.45, 7) is 1.03. The third kappa shape index (κ3) is 2.55. The van der Waals surface area contributed by atoms with Crippen molar-refractivity contribution < 1.29 is 9.84 Å². The Balaban J connectivity index is 2.28. The standard InChI is InChI=1S/C11H15ClN4O2/c1-15-6-9(13-7-15)11(17)10-8(12)5-14-16(10)3-4-18-2/h5-7,11,17H,3-4H2,1-2H3. The summed E-state index contributed by atoms with van der Waals surface area (Å²) < 4.78 is 8.39. The van der Waals surface area contributed by atoms with Gasteiger partial charge in [0.1, 0.15) is 6.10 Å². The molecule has 0 bridgehead atoms. The average Bonchev–Trinajstić information content (AvgIpc) is 2.92. The number of nitrogens with zero attached hydrogens (tertiary/aromatic N) is 4. The molecule has 98 valence electrons. The van der Waals surface area contributed by atoms with E-state index in [0.717, 1.165) is 0 Å². The molecule has 0 saturated heterocycles. The van der Waals surface area contributed by atoms with Crippen molar-refractivity contribution >= 4 is 11.6 Å². The van der Waals surface area contributed by atoms with E-state index < -0.39 is 6.10 Å². The Bertz CT molecular complexity index is 523. The van der Waals surface area contributed by atoms with E-state index in [4.69, 9.17) is 16.3 Å². The van der Waals surface area contributed by atoms with E-state index in [-0.39, 0.29) is 0 Å². The first kappa shape index (κ1) is 13.1. The van der Waals surface area contributed by atoms with Crippen LogP contribution < -0.4 is 0 Å². The number of hydrogen-bond acceptors (Lipinski definition) is 4. The van der Waals surface area contributed by atoms with Gasteiger partial charge >= 0.3 is 0 Å². The molecule has 0 aliphatic rings. The monoisotopic (exact) mass is 270 g/mol. The average molecular weight is 271 g/mol. The summed E-state index contributed by atoms with van der Waals surface area (Å²) in [6, 6.07) is 0. The fourth-order valence-electron chi connectivity index (χ4n) is 1.71. The summed E-state index contributed by atoms with van der Waals surface area (Å²) in [5, 5.41) is 14.8. The lowest BCUT2D eigenvalue weighted by atomic mass is 10.2. The molecule has 2 aromatic heterocycles. The molecular formula is C11H15ClN4O2. The molecule has 2 heterocycles. The molecule has 6 nitrogen and oxygen atoms in total. The van der Waals surface area contributed by atoms with Gasteiger partial charge in [-0.2, -0.15) is 5.10 Å². The zero-order valence-electron chi connectivity index (χ0n) is 10.2. The Morgan fingerprint density at radius 1 is 1.56 bits per heavy atom. The van der Waals surface area contributed by atoms with Crippen LogP contribution in [0.3, 0.4) is 0 Å². The minimum atomic E-state index is -0.891. The van der Waals surface area contributed by atoms with Gasteiger partial charge in [0, 0.05) is 20.4 Å². The normalized spacial score (nSPS) is 12.9. The Morgan fingerprint density at radius 2 is 2.33 bits per heavy atom. The summed E-state index contributed by atoms with van der Waals surface area (Å²) in [7, 11) is 3.45. The number of methoxy groups -OCH3 is 1. The molecule has 0 radical (unpaired) electrons. The largest absolute Gasteiger partial charge is 0.383 e. The molecular weight excluding hydrogens is 256 g/mol. The zero-order valence-corrected chi connectivity index (χ0v) is 11.0. The van der Waals surface area contributed by atoms with Gasteiger partial charge in [0.05, 0.1) is 42.1 Å². The predicted molar refractivity (Wildman–Crippen MR) is 66.4 cm³/mol. The molecule has 1 atom stereocenters. The van der Waals surface area contributed by atoms with Crippen LogP contribution in [-0.4, -0.2) is 38.2 Å². The lowest BCUT2D eigenvalue weighted by Crippen LogP contribution is -2.13. The van der Waals surface area contributed by atoms with Crippen LogP contribution in [-0.2, 0) is 18.3 Å². The van der Waals surface area contributed by atoms with Gasteiger partial charge in [0.25, 0.3) is 0 Å². The van der Waals surface area contributed by atoms with Crippen molar-refractivity contribution in [3.05, 3.63) is 35.1 Å². The number of ether oxygens (including phenoxy) is 1. The highest BCUT2D eigenvalue weighted by molar-refractivity contribution is 6.31. The first-order valence-corrected chi connectivity index (χ1v) is 5.87. The lowest BCUT2D eigenvalue weighted by molar-refractivity contribution is 0.170. The lowest BCUT2D eigenvalue weighted by Gasteiger charge is -2.12. The number of hydrogen-bond donors (Lipinski definition) is 1. The fraction of sp³-hybridized carbons (Fsp3) is 0.455. The summed E-state index contributed by atoms with van der Waals surface area (Å²) in [5.74, 6) is 0. The first-order valence-electron chi connectivity index (χ1n) is 5.49. The number of aryl methyl sites for hydroxylation is 1. The third-order valence-corrected chi connectivity index (χ3v) is 2.90. The maximum Gasteiger partial charge on any atom is 0.140 e. The van der Waals surface area contributed by atoms with E-state index >= 15 is 0 Å². The maximum atomic E-state index is 10.3. The van der Waals surface area contributed by atoms with Gasteiger partial charge in [0.15, 0.2) is 0 Å². The molecule has 7 heteroatoms. The first-order chi connectivity index (χ1) is 8.63. The van der Waals surface area contributed by atoms with E-state index in [1.165, 1.54) is 6.20 Å². The highest BCUT2D eigenvalue weighted by atomic mass is 35.5. The van der Waals surface area contributed by atoms with Crippen LogP contribution >= 0.6 is 11.6 Å². The van der Waals surface area contributed by atoms with Crippen molar-refractivity contribution in [3.63, 3.8) is 0 Å². The smallest absolute Gasteiger partial charge is 0.140 e. The van der Waals surface area contributed by atoms with Crippen LogP contribution in [0.15, 0.2) is 18.7 Å². The van der Waals surface area contributed by atoms with Crippen LogP contribution in [0.4, 0.5) is 0 Å². The van der Waals surface area contributed by atoms with Crippen molar-refractivity contribution in [1.29, 1.82) is 0 Å². The Labute approximate surface area is 110 Å². The quantitative estimate of drug-likeness (QED) is 0.880. The number of imidazole rings is 1. The summed E-state index contributed by atoms with van der Waals surface area (Å²) in [5.41, 5.74) is 1.07. The van der Waals surface area contributed by atoms with Gasteiger partial charge in [-0.3, -0.25) is 4.68 Å². The molecule has 2 aromatic rings. The van der Waals surface area contributed by atoms with Crippen LogP contribution in [0.25, 0.3) is 0 Å². The number of aliphatic hydroxyl groups is 1. The van der Waals surface area contributed by atoms with Crippen LogP contribution in [0, 0.1) is 0 Å². The molecule has 1 unspecified atom stereocenters. The predicted octanol–water partition coefficient (Wildman–Crippen LogP) is 0.998. The third-order valence-electron chi connectivity index (χ3n) is 2.60. The maximum absolute atomic E-state index is 10.3. The van der Waals surface area contributed by atoms with Gasteiger partial charge in [-0.25, -0.2) is 4.98 Å². The van der Waals surface area contributed by atoms with Crippen LogP contribution in [0.5, 0.6) is 0 Å². The van der Waals surface area contributed by atoms with Crippen LogP contribution in [0.1, 0.15) is 17.5 Å². The topological polar surface area (TPSA) is 65.1 Å². The number of rotatable bonds is 5. The van der Waals surface area contributed by atoms with Gasteiger partial charge in [0.2, 0.25) is 0 Å². The van der Waals surface area contributed by atoms with E-state index in [1.807, 2.05) is 7.05 Å². The number of aliphatic hydroxyl groups excluding tert-OH is 1. The van der Waals surface area contributed by atoms with E-state index in [0.29, 0.717) is 29.6 Å². The van der Waals surface area contributed by atoms with Crippen molar-refractivity contribution in [2.24, 2.45) is 7.05 Å². The van der Waals surface area contributed by atoms with Crippen LogP contribution in [0.2, 0.25) is 5.02 Å². The number of halogens is 1. The molecule has 2 rings (SSSR count). The summed E-state index contributed by atoms with van der Waals surface area (Å²) in [6.07, 6.45) is 3.99. The molecule has 0 aromatic carbocycles. The molecule has 1 N–H and O–H groups in total. The Kier molecular flexibility index (Phi) is 4.00. The second-order valence-corrected chi connectivity index (χ2v) is 4.37. The Morgan fingerprint density at radius 3 is 2.94 bits per heavy atom. The molecule has 0 spiro atoms. The zero-order chi connectivity index (χ0) is 13.1. The summed E-state index contributed by atoms with van der Waals surface area (Å²) >= 11 is 6.06.